The predicted molar refractivity (Wildman–Crippen MR) is 73.1 cm³/mol. The Labute approximate surface area is 114 Å². The van der Waals surface area contributed by atoms with Gasteiger partial charge in [-0.05, 0) is 40.9 Å². The standard InChI is InChI=1S/C13H13BrFN3/c1-9-17-12(14)8-13(18-9)16-7-6-10-4-2-3-5-11(10)15/h2-5,8H,6-7H2,1H3,(H,16,17,18). The fraction of sp³-hybridized carbons (Fsp3) is 0.231. The van der Waals surface area contributed by atoms with Gasteiger partial charge in [0, 0.05) is 12.6 Å². The van der Waals surface area contributed by atoms with Gasteiger partial charge in [0.2, 0.25) is 0 Å². The summed E-state index contributed by atoms with van der Waals surface area (Å²) in [6.07, 6.45) is 0.618. The second-order valence-electron chi connectivity index (χ2n) is 3.89. The quantitative estimate of drug-likeness (QED) is 0.880. The third-order valence-electron chi connectivity index (χ3n) is 2.46. The third kappa shape index (κ3) is 3.50. The number of rotatable bonds is 4. The van der Waals surface area contributed by atoms with Crippen LogP contribution in [-0.4, -0.2) is 16.5 Å². The Kier molecular flexibility index (Phi) is 4.25. The maximum Gasteiger partial charge on any atom is 0.130 e. The maximum atomic E-state index is 13.4. The lowest BCUT2D eigenvalue weighted by atomic mass is 10.1. The molecule has 0 aliphatic heterocycles. The molecule has 0 atom stereocenters. The van der Waals surface area contributed by atoms with Crippen LogP contribution >= 0.6 is 15.9 Å². The Morgan fingerprint density at radius 3 is 2.78 bits per heavy atom. The molecule has 0 saturated carbocycles. The summed E-state index contributed by atoms with van der Waals surface area (Å²) in [6.45, 7) is 2.45. The molecule has 0 aliphatic carbocycles. The summed E-state index contributed by atoms with van der Waals surface area (Å²) in [6, 6.07) is 8.59. The lowest BCUT2D eigenvalue weighted by Crippen LogP contribution is -2.08. The van der Waals surface area contributed by atoms with E-state index in [1.54, 1.807) is 18.2 Å². The van der Waals surface area contributed by atoms with Crippen LogP contribution in [0.15, 0.2) is 34.9 Å². The molecule has 1 aromatic heterocycles. The number of halogens is 2. The number of nitrogens with one attached hydrogen (secondary N) is 1. The first-order chi connectivity index (χ1) is 8.65. The minimum atomic E-state index is -0.167. The van der Waals surface area contributed by atoms with E-state index in [1.807, 2.05) is 13.0 Å². The van der Waals surface area contributed by atoms with Crippen LogP contribution in [0.1, 0.15) is 11.4 Å². The molecule has 0 radical (unpaired) electrons. The molecule has 0 unspecified atom stereocenters. The van der Waals surface area contributed by atoms with Crippen LogP contribution in [0.3, 0.4) is 0 Å². The van der Waals surface area contributed by atoms with Crippen molar-refractivity contribution in [2.75, 3.05) is 11.9 Å². The van der Waals surface area contributed by atoms with Crippen molar-refractivity contribution >= 4 is 21.7 Å². The van der Waals surface area contributed by atoms with Crippen molar-refractivity contribution in [2.24, 2.45) is 0 Å². The van der Waals surface area contributed by atoms with Crippen LogP contribution in [0.5, 0.6) is 0 Å². The zero-order valence-electron chi connectivity index (χ0n) is 9.95. The SMILES string of the molecule is Cc1nc(Br)cc(NCCc2ccccc2F)n1. The van der Waals surface area contributed by atoms with Gasteiger partial charge in [-0.3, -0.25) is 0 Å². The minimum absolute atomic E-state index is 0.167. The molecule has 1 N–H and O–H groups in total. The molecule has 0 fully saturated rings. The second kappa shape index (κ2) is 5.91. The first kappa shape index (κ1) is 13.0. The monoisotopic (exact) mass is 309 g/mol. The number of hydrogen-bond acceptors (Lipinski definition) is 3. The normalized spacial score (nSPS) is 10.4. The van der Waals surface area contributed by atoms with Gasteiger partial charge >= 0.3 is 0 Å². The zero-order chi connectivity index (χ0) is 13.0. The number of aryl methyl sites for hydroxylation is 1. The third-order valence-corrected chi connectivity index (χ3v) is 2.87. The number of hydrogen-bond donors (Lipinski definition) is 1. The van der Waals surface area contributed by atoms with E-state index in [4.69, 9.17) is 0 Å². The van der Waals surface area contributed by atoms with Gasteiger partial charge in [0.25, 0.3) is 0 Å². The first-order valence-corrected chi connectivity index (χ1v) is 6.43. The number of aromatic nitrogens is 2. The Balaban J connectivity index is 1.94. The molecule has 0 spiro atoms. The number of anilines is 1. The first-order valence-electron chi connectivity index (χ1n) is 5.63. The Bertz CT molecular complexity index is 525. The second-order valence-corrected chi connectivity index (χ2v) is 4.70. The van der Waals surface area contributed by atoms with Gasteiger partial charge in [-0.1, -0.05) is 18.2 Å². The van der Waals surface area contributed by atoms with Crippen molar-refractivity contribution in [1.82, 2.24) is 9.97 Å². The van der Waals surface area contributed by atoms with E-state index in [0.29, 0.717) is 24.4 Å². The summed E-state index contributed by atoms with van der Waals surface area (Å²) >= 11 is 3.31. The average Bonchev–Trinajstić information content (AvgIpc) is 2.30. The number of benzene rings is 1. The molecule has 18 heavy (non-hydrogen) atoms. The van der Waals surface area contributed by atoms with Crippen LogP contribution in [0, 0.1) is 12.7 Å². The molecule has 3 nitrogen and oxygen atoms in total. The van der Waals surface area contributed by atoms with Crippen molar-refractivity contribution in [3.8, 4) is 0 Å². The van der Waals surface area contributed by atoms with E-state index < -0.39 is 0 Å². The van der Waals surface area contributed by atoms with Crippen LogP contribution in [0.25, 0.3) is 0 Å². The van der Waals surface area contributed by atoms with Crippen molar-refractivity contribution in [1.29, 1.82) is 0 Å². The highest BCUT2D eigenvalue weighted by atomic mass is 79.9. The van der Waals surface area contributed by atoms with Gasteiger partial charge in [0.05, 0.1) is 0 Å². The molecule has 2 aromatic rings. The van der Waals surface area contributed by atoms with E-state index in [1.165, 1.54) is 6.07 Å². The van der Waals surface area contributed by atoms with E-state index in [-0.39, 0.29) is 5.82 Å². The highest BCUT2D eigenvalue weighted by Crippen LogP contribution is 2.12. The maximum absolute atomic E-state index is 13.4. The van der Waals surface area contributed by atoms with Crippen LogP contribution in [-0.2, 0) is 6.42 Å². The molecule has 0 amide bonds. The predicted octanol–water partition coefficient (Wildman–Crippen LogP) is 3.34. The molecule has 0 bridgehead atoms. The molecule has 0 aliphatic rings. The molecular formula is C13H13BrFN3. The van der Waals surface area contributed by atoms with Gasteiger partial charge < -0.3 is 5.32 Å². The van der Waals surface area contributed by atoms with E-state index in [0.717, 1.165) is 10.4 Å². The molecule has 94 valence electrons. The van der Waals surface area contributed by atoms with Crippen LogP contribution in [0.4, 0.5) is 10.2 Å². The summed E-state index contributed by atoms with van der Waals surface area (Å²) in [4.78, 5) is 8.36. The van der Waals surface area contributed by atoms with Gasteiger partial charge in [0.15, 0.2) is 0 Å². The zero-order valence-corrected chi connectivity index (χ0v) is 11.5. The minimum Gasteiger partial charge on any atom is -0.370 e. The molecular weight excluding hydrogens is 297 g/mol. The lowest BCUT2D eigenvalue weighted by molar-refractivity contribution is 0.610. The largest absolute Gasteiger partial charge is 0.370 e. The molecule has 0 saturated heterocycles. The van der Waals surface area contributed by atoms with Crippen molar-refractivity contribution in [3.05, 3.63) is 52.1 Å². The van der Waals surface area contributed by atoms with Crippen LogP contribution in [0.2, 0.25) is 0 Å². The van der Waals surface area contributed by atoms with Gasteiger partial charge in [-0.2, -0.15) is 0 Å². The summed E-state index contributed by atoms with van der Waals surface area (Å²) < 4.78 is 14.1. The van der Waals surface area contributed by atoms with Crippen molar-refractivity contribution in [2.45, 2.75) is 13.3 Å². The van der Waals surface area contributed by atoms with Gasteiger partial charge in [-0.25, -0.2) is 14.4 Å². The molecule has 2 rings (SSSR count). The van der Waals surface area contributed by atoms with Crippen LogP contribution < -0.4 is 5.32 Å². The Morgan fingerprint density at radius 2 is 2.06 bits per heavy atom. The molecule has 1 aromatic carbocycles. The average molecular weight is 310 g/mol. The molecule has 5 heteroatoms. The summed E-state index contributed by atoms with van der Waals surface area (Å²) in [5.41, 5.74) is 0.704. The fourth-order valence-electron chi connectivity index (χ4n) is 1.65. The smallest absolute Gasteiger partial charge is 0.130 e. The highest BCUT2D eigenvalue weighted by Gasteiger charge is 2.02. The topological polar surface area (TPSA) is 37.8 Å². The Hall–Kier alpha value is -1.49. The summed E-state index contributed by atoms with van der Waals surface area (Å²) in [5.74, 6) is 1.27. The van der Waals surface area contributed by atoms with E-state index in [9.17, 15) is 4.39 Å². The van der Waals surface area contributed by atoms with E-state index in [2.05, 4.69) is 31.2 Å². The van der Waals surface area contributed by atoms with Gasteiger partial charge in [0.1, 0.15) is 22.1 Å². The lowest BCUT2D eigenvalue weighted by Gasteiger charge is -2.07. The summed E-state index contributed by atoms with van der Waals surface area (Å²) in [5, 5.41) is 3.15. The molecule has 1 heterocycles. The Morgan fingerprint density at radius 1 is 1.28 bits per heavy atom. The van der Waals surface area contributed by atoms with Gasteiger partial charge in [-0.15, -0.1) is 0 Å². The highest BCUT2D eigenvalue weighted by molar-refractivity contribution is 9.10. The van der Waals surface area contributed by atoms with Crippen molar-refractivity contribution in [3.63, 3.8) is 0 Å². The summed E-state index contributed by atoms with van der Waals surface area (Å²) in [7, 11) is 0. The van der Waals surface area contributed by atoms with Crippen molar-refractivity contribution < 1.29 is 4.39 Å². The van der Waals surface area contributed by atoms with E-state index >= 15 is 0 Å². The fourth-order valence-corrected chi connectivity index (χ4v) is 2.12. The number of nitrogens with zero attached hydrogens (tertiary/aromatic N) is 2.